The predicted molar refractivity (Wildman–Crippen MR) is 113 cm³/mol. The zero-order valence-electron chi connectivity index (χ0n) is 13.8. The van der Waals surface area contributed by atoms with Gasteiger partial charge in [0.1, 0.15) is 0 Å². The van der Waals surface area contributed by atoms with Gasteiger partial charge in [-0.15, -0.1) is 11.3 Å². The van der Waals surface area contributed by atoms with E-state index >= 15 is 0 Å². The Morgan fingerprint density at radius 1 is 0.808 bits per heavy atom. The fourth-order valence-corrected chi connectivity index (χ4v) is 4.31. The monoisotopic (exact) mass is 423 g/mol. The zero-order valence-corrected chi connectivity index (χ0v) is 16.9. The van der Waals surface area contributed by atoms with Crippen LogP contribution in [0.15, 0.2) is 47.8 Å². The van der Waals surface area contributed by atoms with Gasteiger partial charge in [0.2, 0.25) is 0 Å². The number of benzene rings is 2. The Morgan fingerprint density at radius 2 is 1.50 bits per heavy atom. The summed E-state index contributed by atoms with van der Waals surface area (Å²) in [6.07, 6.45) is 0. The van der Waals surface area contributed by atoms with Crippen molar-refractivity contribution in [3.63, 3.8) is 0 Å². The first-order chi connectivity index (χ1) is 12.6. The summed E-state index contributed by atoms with van der Waals surface area (Å²) in [5, 5.41) is 5.08. The molecule has 1 saturated heterocycles. The van der Waals surface area contributed by atoms with Gasteiger partial charge in [-0.3, -0.25) is 0 Å². The largest absolute Gasteiger partial charge is 0.368 e. The molecule has 2 heterocycles. The molecule has 0 aliphatic carbocycles. The van der Waals surface area contributed by atoms with Crippen LogP contribution in [-0.2, 0) is 0 Å². The minimum Gasteiger partial charge on any atom is -0.368 e. The van der Waals surface area contributed by atoms with Gasteiger partial charge in [0.25, 0.3) is 0 Å². The molecule has 2 aromatic carbocycles. The lowest BCUT2D eigenvalue weighted by atomic mass is 10.2. The predicted octanol–water partition coefficient (Wildman–Crippen LogP) is 6.10. The van der Waals surface area contributed by atoms with Gasteiger partial charge < -0.3 is 9.80 Å². The van der Waals surface area contributed by atoms with Crippen molar-refractivity contribution in [2.45, 2.75) is 0 Å². The van der Waals surface area contributed by atoms with Crippen LogP contribution in [-0.4, -0.2) is 31.2 Å². The first kappa shape index (κ1) is 17.9. The molecule has 1 fully saturated rings. The Bertz CT molecular complexity index is 903. The molecule has 0 unspecified atom stereocenters. The van der Waals surface area contributed by atoms with Crippen molar-refractivity contribution in [3.8, 4) is 11.3 Å². The van der Waals surface area contributed by atoms with Gasteiger partial charge in [-0.2, -0.15) is 0 Å². The fourth-order valence-electron chi connectivity index (χ4n) is 3.00. The number of rotatable bonds is 3. The van der Waals surface area contributed by atoms with Crippen molar-refractivity contribution in [2.24, 2.45) is 0 Å². The molecule has 0 bridgehead atoms. The molecular formula is C19H16Cl3N3S. The first-order valence-corrected chi connectivity index (χ1v) is 10.3. The lowest BCUT2D eigenvalue weighted by Gasteiger charge is -2.36. The van der Waals surface area contributed by atoms with Gasteiger partial charge in [-0.05, 0) is 30.3 Å². The summed E-state index contributed by atoms with van der Waals surface area (Å²) in [7, 11) is 0. The molecule has 0 amide bonds. The standard InChI is InChI=1S/C19H16Cl3N3S/c20-14-3-1-13(2-4-14)18-12-26-19(23-18)25-9-7-24(8-10-25)15-5-6-16(21)17(22)11-15/h1-6,11-12H,7-10H2. The second-order valence-electron chi connectivity index (χ2n) is 6.09. The normalized spacial score (nSPS) is 14.7. The van der Waals surface area contributed by atoms with Crippen molar-refractivity contribution in [1.82, 2.24) is 4.98 Å². The average Bonchev–Trinajstić information content (AvgIpc) is 3.15. The van der Waals surface area contributed by atoms with E-state index in [1.54, 1.807) is 11.3 Å². The van der Waals surface area contributed by atoms with Crippen molar-refractivity contribution >= 4 is 57.0 Å². The Morgan fingerprint density at radius 3 is 2.19 bits per heavy atom. The minimum absolute atomic E-state index is 0.589. The lowest BCUT2D eigenvalue weighted by molar-refractivity contribution is 0.652. The van der Waals surface area contributed by atoms with E-state index in [-0.39, 0.29) is 0 Å². The van der Waals surface area contributed by atoms with Crippen LogP contribution in [0.1, 0.15) is 0 Å². The molecule has 0 saturated carbocycles. The second-order valence-corrected chi connectivity index (χ2v) is 8.18. The molecule has 1 aromatic heterocycles. The smallest absolute Gasteiger partial charge is 0.185 e. The molecule has 0 radical (unpaired) electrons. The van der Waals surface area contributed by atoms with Gasteiger partial charge in [-0.25, -0.2) is 4.98 Å². The van der Waals surface area contributed by atoms with Gasteiger partial charge >= 0.3 is 0 Å². The Labute approximate surface area is 171 Å². The van der Waals surface area contributed by atoms with Crippen LogP contribution in [0.25, 0.3) is 11.3 Å². The molecule has 4 rings (SSSR count). The number of aromatic nitrogens is 1. The summed E-state index contributed by atoms with van der Waals surface area (Å²) in [5.41, 5.74) is 3.19. The fraction of sp³-hybridized carbons (Fsp3) is 0.211. The van der Waals surface area contributed by atoms with E-state index in [0.29, 0.717) is 10.0 Å². The third kappa shape index (κ3) is 3.79. The molecule has 26 heavy (non-hydrogen) atoms. The highest BCUT2D eigenvalue weighted by Crippen LogP contribution is 2.31. The third-order valence-electron chi connectivity index (χ3n) is 4.45. The van der Waals surface area contributed by atoms with Crippen molar-refractivity contribution < 1.29 is 0 Å². The Balaban J connectivity index is 1.43. The molecule has 1 aliphatic rings. The van der Waals surface area contributed by atoms with Gasteiger partial charge in [-0.1, -0.05) is 46.9 Å². The lowest BCUT2D eigenvalue weighted by Crippen LogP contribution is -2.46. The van der Waals surface area contributed by atoms with Crippen LogP contribution in [0.5, 0.6) is 0 Å². The maximum absolute atomic E-state index is 6.14. The summed E-state index contributed by atoms with van der Waals surface area (Å²) in [5.74, 6) is 0. The molecule has 7 heteroatoms. The number of hydrogen-bond donors (Lipinski definition) is 0. The highest BCUT2D eigenvalue weighted by molar-refractivity contribution is 7.14. The van der Waals surface area contributed by atoms with Crippen LogP contribution < -0.4 is 9.80 Å². The minimum atomic E-state index is 0.589. The number of halogens is 3. The molecule has 0 atom stereocenters. The molecule has 0 N–H and O–H groups in total. The van der Waals surface area contributed by atoms with Crippen LogP contribution in [0.2, 0.25) is 15.1 Å². The van der Waals surface area contributed by atoms with E-state index in [0.717, 1.165) is 53.3 Å². The van der Waals surface area contributed by atoms with E-state index in [4.69, 9.17) is 39.8 Å². The SMILES string of the molecule is Clc1ccc(-c2csc(N3CCN(c4ccc(Cl)c(Cl)c4)CC3)n2)cc1. The van der Waals surface area contributed by atoms with Crippen molar-refractivity contribution in [3.05, 3.63) is 62.9 Å². The van der Waals surface area contributed by atoms with Crippen LogP contribution in [0, 0.1) is 0 Å². The van der Waals surface area contributed by atoms with Gasteiger partial charge in [0.15, 0.2) is 5.13 Å². The highest BCUT2D eigenvalue weighted by atomic mass is 35.5. The van der Waals surface area contributed by atoms with Crippen LogP contribution >= 0.6 is 46.1 Å². The second kappa shape index (κ2) is 7.65. The third-order valence-corrected chi connectivity index (χ3v) is 6.34. The number of hydrogen-bond acceptors (Lipinski definition) is 4. The molecule has 1 aliphatic heterocycles. The van der Waals surface area contributed by atoms with E-state index in [9.17, 15) is 0 Å². The van der Waals surface area contributed by atoms with E-state index < -0.39 is 0 Å². The van der Waals surface area contributed by atoms with Crippen LogP contribution in [0.4, 0.5) is 10.8 Å². The number of anilines is 2. The van der Waals surface area contributed by atoms with E-state index in [1.807, 2.05) is 42.5 Å². The molecule has 134 valence electrons. The van der Waals surface area contributed by atoms with Crippen molar-refractivity contribution in [2.75, 3.05) is 36.0 Å². The highest BCUT2D eigenvalue weighted by Gasteiger charge is 2.20. The summed E-state index contributed by atoms with van der Waals surface area (Å²) in [6.45, 7) is 3.70. The number of piperazine rings is 1. The molecule has 0 spiro atoms. The van der Waals surface area contributed by atoms with Gasteiger partial charge in [0, 0.05) is 47.8 Å². The average molecular weight is 425 g/mol. The first-order valence-electron chi connectivity index (χ1n) is 8.26. The number of thiazole rings is 1. The quantitative estimate of drug-likeness (QED) is 0.506. The van der Waals surface area contributed by atoms with Gasteiger partial charge in [0.05, 0.1) is 15.7 Å². The topological polar surface area (TPSA) is 19.4 Å². The Hall–Kier alpha value is -1.46. The summed E-state index contributed by atoms with van der Waals surface area (Å²) in [6, 6.07) is 13.6. The molecule has 3 aromatic rings. The number of nitrogens with zero attached hydrogens (tertiary/aromatic N) is 3. The van der Waals surface area contributed by atoms with Crippen molar-refractivity contribution in [1.29, 1.82) is 0 Å². The Kier molecular flexibility index (Phi) is 5.28. The summed E-state index contributed by atoms with van der Waals surface area (Å²) >= 11 is 19.8. The summed E-state index contributed by atoms with van der Waals surface area (Å²) < 4.78 is 0. The summed E-state index contributed by atoms with van der Waals surface area (Å²) in [4.78, 5) is 9.46. The zero-order chi connectivity index (χ0) is 18.1. The molecular weight excluding hydrogens is 409 g/mol. The maximum Gasteiger partial charge on any atom is 0.185 e. The molecule has 3 nitrogen and oxygen atoms in total. The maximum atomic E-state index is 6.14. The van der Waals surface area contributed by atoms with E-state index in [1.165, 1.54) is 0 Å². The van der Waals surface area contributed by atoms with Crippen LogP contribution in [0.3, 0.4) is 0 Å². The van der Waals surface area contributed by atoms with E-state index in [2.05, 4.69) is 15.2 Å².